The van der Waals surface area contributed by atoms with E-state index >= 15 is 0 Å². The molecule has 1 aliphatic heterocycles. The molecule has 0 fully saturated rings. The number of amides is 2. The Hall–Kier alpha value is -1.63. The zero-order valence-electron chi connectivity index (χ0n) is 8.71. The van der Waals surface area contributed by atoms with Crippen LogP contribution in [0.25, 0.3) is 0 Å². The molecule has 0 unspecified atom stereocenters. The van der Waals surface area contributed by atoms with Crippen LogP contribution < -0.4 is 0 Å². The lowest BCUT2D eigenvalue weighted by Crippen LogP contribution is -2.47. The first kappa shape index (κ1) is 10.5. The van der Waals surface area contributed by atoms with Crippen LogP contribution in [-0.2, 0) is 9.59 Å². The molecule has 0 radical (unpaired) electrons. The number of imide groups is 1. The highest BCUT2D eigenvalue weighted by molar-refractivity contribution is 6.19. The SMILES string of the molecule is CC1=C(C)C(=O)N(C(C)(C)C#N)C1=O. The van der Waals surface area contributed by atoms with Crippen molar-refractivity contribution in [1.29, 1.82) is 5.26 Å². The van der Waals surface area contributed by atoms with E-state index in [0.717, 1.165) is 4.90 Å². The summed E-state index contributed by atoms with van der Waals surface area (Å²) >= 11 is 0. The first-order chi connectivity index (χ1) is 6.33. The predicted molar refractivity (Wildman–Crippen MR) is 49.9 cm³/mol. The summed E-state index contributed by atoms with van der Waals surface area (Å²) in [6.07, 6.45) is 0. The maximum absolute atomic E-state index is 11.6. The molecule has 1 rings (SSSR count). The molecule has 0 bridgehead atoms. The average molecular weight is 192 g/mol. The smallest absolute Gasteiger partial charge is 0.258 e. The van der Waals surface area contributed by atoms with Crippen LogP contribution in [0.4, 0.5) is 0 Å². The number of nitrogens with zero attached hydrogens (tertiary/aromatic N) is 2. The van der Waals surface area contributed by atoms with Crippen molar-refractivity contribution in [3.05, 3.63) is 11.1 Å². The van der Waals surface area contributed by atoms with Gasteiger partial charge in [0.25, 0.3) is 11.8 Å². The van der Waals surface area contributed by atoms with E-state index in [1.54, 1.807) is 27.7 Å². The first-order valence-corrected chi connectivity index (χ1v) is 4.30. The highest BCUT2D eigenvalue weighted by atomic mass is 16.2. The number of rotatable bonds is 1. The molecule has 0 spiro atoms. The number of carbonyl (C=O) groups is 2. The third-order valence-electron chi connectivity index (χ3n) is 2.44. The Labute approximate surface area is 82.8 Å². The van der Waals surface area contributed by atoms with Gasteiger partial charge in [0.15, 0.2) is 0 Å². The summed E-state index contributed by atoms with van der Waals surface area (Å²) in [5.74, 6) is -0.724. The van der Waals surface area contributed by atoms with Gasteiger partial charge in [0, 0.05) is 11.1 Å². The molecule has 0 atom stereocenters. The Morgan fingerprint density at radius 2 is 1.50 bits per heavy atom. The fourth-order valence-corrected chi connectivity index (χ4v) is 1.31. The third-order valence-corrected chi connectivity index (χ3v) is 2.44. The Morgan fingerprint density at radius 3 is 1.79 bits per heavy atom. The van der Waals surface area contributed by atoms with E-state index in [2.05, 4.69) is 0 Å². The Kier molecular flexibility index (Phi) is 2.20. The molecular formula is C10H12N2O2. The highest BCUT2D eigenvalue weighted by Crippen LogP contribution is 2.26. The summed E-state index contributed by atoms with van der Waals surface area (Å²) in [7, 11) is 0. The predicted octanol–water partition coefficient (Wildman–Crippen LogP) is 0.994. The van der Waals surface area contributed by atoms with E-state index < -0.39 is 5.54 Å². The summed E-state index contributed by atoms with van der Waals surface area (Å²) in [5.41, 5.74) is -0.218. The Bertz CT molecular complexity index is 361. The second-order valence-electron chi connectivity index (χ2n) is 3.87. The van der Waals surface area contributed by atoms with Gasteiger partial charge in [-0.05, 0) is 27.7 Å². The lowest BCUT2D eigenvalue weighted by molar-refractivity contribution is -0.141. The molecule has 2 amide bonds. The second kappa shape index (κ2) is 2.95. The van der Waals surface area contributed by atoms with Gasteiger partial charge in [-0.15, -0.1) is 0 Å². The maximum Gasteiger partial charge on any atom is 0.258 e. The molecule has 0 aromatic carbocycles. The number of hydrogen-bond donors (Lipinski definition) is 0. The zero-order chi connectivity index (χ0) is 11.1. The van der Waals surface area contributed by atoms with E-state index in [1.807, 2.05) is 6.07 Å². The number of nitriles is 1. The summed E-state index contributed by atoms with van der Waals surface area (Å²) in [6.45, 7) is 6.30. The minimum Gasteiger partial charge on any atom is -0.269 e. The van der Waals surface area contributed by atoms with E-state index in [1.165, 1.54) is 0 Å². The van der Waals surface area contributed by atoms with E-state index in [-0.39, 0.29) is 11.8 Å². The van der Waals surface area contributed by atoms with Crippen molar-refractivity contribution < 1.29 is 9.59 Å². The normalized spacial score (nSPS) is 17.8. The van der Waals surface area contributed by atoms with E-state index in [0.29, 0.717) is 11.1 Å². The van der Waals surface area contributed by atoms with Crippen molar-refractivity contribution in [1.82, 2.24) is 4.90 Å². The highest BCUT2D eigenvalue weighted by Gasteiger charge is 2.42. The van der Waals surface area contributed by atoms with Crippen LogP contribution in [0.3, 0.4) is 0 Å². The minimum absolute atomic E-state index is 0.362. The molecule has 0 saturated carbocycles. The lowest BCUT2D eigenvalue weighted by Gasteiger charge is -2.27. The summed E-state index contributed by atoms with van der Waals surface area (Å²) in [6, 6.07) is 1.94. The maximum atomic E-state index is 11.6. The zero-order valence-corrected chi connectivity index (χ0v) is 8.71. The van der Waals surface area contributed by atoms with Crippen molar-refractivity contribution in [2.24, 2.45) is 0 Å². The largest absolute Gasteiger partial charge is 0.269 e. The van der Waals surface area contributed by atoms with Gasteiger partial charge in [-0.1, -0.05) is 0 Å². The van der Waals surface area contributed by atoms with Gasteiger partial charge < -0.3 is 0 Å². The Balaban J connectivity index is 3.18. The van der Waals surface area contributed by atoms with Gasteiger partial charge >= 0.3 is 0 Å². The van der Waals surface area contributed by atoms with Gasteiger partial charge in [-0.3, -0.25) is 14.5 Å². The summed E-state index contributed by atoms with van der Waals surface area (Å²) in [4.78, 5) is 24.3. The first-order valence-electron chi connectivity index (χ1n) is 4.30. The average Bonchev–Trinajstić information content (AvgIpc) is 2.31. The van der Waals surface area contributed by atoms with Gasteiger partial charge in [0.1, 0.15) is 5.54 Å². The fraction of sp³-hybridized carbons (Fsp3) is 0.500. The summed E-state index contributed by atoms with van der Waals surface area (Å²) < 4.78 is 0. The summed E-state index contributed by atoms with van der Waals surface area (Å²) in [5, 5.41) is 8.85. The molecule has 0 aromatic heterocycles. The van der Waals surface area contributed by atoms with Crippen LogP contribution in [0, 0.1) is 11.3 Å². The topological polar surface area (TPSA) is 61.2 Å². The minimum atomic E-state index is -1.08. The molecular weight excluding hydrogens is 180 g/mol. The molecule has 1 aliphatic rings. The van der Waals surface area contributed by atoms with Gasteiger partial charge in [0.2, 0.25) is 0 Å². The standard InChI is InChI=1S/C10H12N2O2/c1-6-7(2)9(14)12(8(6)13)10(3,4)5-11/h1-4H3. The molecule has 4 nitrogen and oxygen atoms in total. The molecule has 14 heavy (non-hydrogen) atoms. The van der Waals surface area contributed by atoms with Crippen molar-refractivity contribution in [2.75, 3.05) is 0 Å². The molecule has 1 heterocycles. The lowest BCUT2D eigenvalue weighted by atomic mass is 10.1. The van der Waals surface area contributed by atoms with Gasteiger partial charge in [-0.25, -0.2) is 0 Å². The van der Waals surface area contributed by atoms with Crippen LogP contribution in [0.15, 0.2) is 11.1 Å². The number of hydrogen-bond acceptors (Lipinski definition) is 3. The van der Waals surface area contributed by atoms with E-state index in [9.17, 15) is 9.59 Å². The third kappa shape index (κ3) is 1.22. The quantitative estimate of drug-likeness (QED) is 0.582. The van der Waals surface area contributed by atoms with Crippen molar-refractivity contribution in [3.8, 4) is 6.07 Å². The molecule has 0 aromatic rings. The second-order valence-corrected chi connectivity index (χ2v) is 3.87. The molecule has 0 aliphatic carbocycles. The molecule has 4 heteroatoms. The number of carbonyl (C=O) groups excluding carboxylic acids is 2. The van der Waals surface area contributed by atoms with E-state index in [4.69, 9.17) is 5.26 Å². The van der Waals surface area contributed by atoms with Crippen LogP contribution in [0.1, 0.15) is 27.7 Å². The molecule has 0 saturated heterocycles. The van der Waals surface area contributed by atoms with Crippen molar-refractivity contribution >= 4 is 11.8 Å². The fourth-order valence-electron chi connectivity index (χ4n) is 1.31. The molecule has 0 N–H and O–H groups in total. The van der Waals surface area contributed by atoms with Crippen LogP contribution in [-0.4, -0.2) is 22.3 Å². The van der Waals surface area contributed by atoms with Crippen LogP contribution >= 0.6 is 0 Å². The van der Waals surface area contributed by atoms with Gasteiger partial charge in [-0.2, -0.15) is 5.26 Å². The molecule has 74 valence electrons. The monoisotopic (exact) mass is 192 g/mol. The van der Waals surface area contributed by atoms with Crippen LogP contribution in [0.2, 0.25) is 0 Å². The van der Waals surface area contributed by atoms with Gasteiger partial charge in [0.05, 0.1) is 6.07 Å². The van der Waals surface area contributed by atoms with Crippen molar-refractivity contribution in [3.63, 3.8) is 0 Å². The van der Waals surface area contributed by atoms with Crippen molar-refractivity contribution in [2.45, 2.75) is 33.2 Å². The van der Waals surface area contributed by atoms with Crippen LogP contribution in [0.5, 0.6) is 0 Å². The Morgan fingerprint density at radius 1 is 1.14 bits per heavy atom.